The molecule has 2 heterocycles. The van der Waals surface area contributed by atoms with Crippen LogP contribution >= 0.6 is 12.2 Å². The maximum atomic E-state index is 5.38. The van der Waals surface area contributed by atoms with Gasteiger partial charge in [0.2, 0.25) is 0 Å². The van der Waals surface area contributed by atoms with Crippen molar-refractivity contribution in [2.24, 2.45) is 0 Å². The zero-order chi connectivity index (χ0) is 18.5. The normalized spacial score (nSPS) is 10.6. The largest absolute Gasteiger partial charge is 0.497 e. The number of hydrogen-bond acceptors (Lipinski definition) is 4. The molecular formula is C19H22N4O2S. The molecule has 0 radical (unpaired) electrons. The molecule has 26 heavy (non-hydrogen) atoms. The average molecular weight is 370 g/mol. The Kier molecular flexibility index (Phi) is 5.58. The average Bonchev–Trinajstić information content (AvgIpc) is 3.24. The number of aryl methyl sites for hydroxylation is 1. The van der Waals surface area contributed by atoms with Gasteiger partial charge in [-0.05, 0) is 55.9 Å². The highest BCUT2D eigenvalue weighted by atomic mass is 32.1. The van der Waals surface area contributed by atoms with Gasteiger partial charge in [-0.1, -0.05) is 12.1 Å². The summed E-state index contributed by atoms with van der Waals surface area (Å²) in [5.41, 5.74) is 3.96. The Hall–Kier alpha value is -2.80. The molecule has 0 saturated carbocycles. The lowest BCUT2D eigenvalue weighted by atomic mass is 10.2. The minimum absolute atomic E-state index is 0.536. The van der Waals surface area contributed by atoms with Crippen molar-refractivity contribution in [3.8, 4) is 5.75 Å². The number of hydrogen-bond donors (Lipinski definition) is 2. The molecule has 136 valence electrons. The van der Waals surface area contributed by atoms with Crippen LogP contribution in [-0.4, -0.2) is 22.0 Å². The molecule has 7 heteroatoms. The number of nitrogens with zero attached hydrogens (tertiary/aromatic N) is 2. The third-order valence-corrected chi connectivity index (χ3v) is 4.34. The highest BCUT2D eigenvalue weighted by Gasteiger charge is 2.13. The van der Waals surface area contributed by atoms with Crippen molar-refractivity contribution in [1.29, 1.82) is 0 Å². The van der Waals surface area contributed by atoms with Crippen LogP contribution in [0.3, 0.4) is 0 Å². The van der Waals surface area contributed by atoms with E-state index in [1.807, 2.05) is 48.9 Å². The monoisotopic (exact) mass is 370 g/mol. The predicted molar refractivity (Wildman–Crippen MR) is 106 cm³/mol. The molecule has 0 saturated heterocycles. The van der Waals surface area contributed by atoms with Crippen molar-refractivity contribution >= 4 is 23.0 Å². The first-order valence-electron chi connectivity index (χ1n) is 8.31. The van der Waals surface area contributed by atoms with Gasteiger partial charge in [-0.3, -0.25) is 4.68 Å². The first kappa shape index (κ1) is 18.0. The van der Waals surface area contributed by atoms with Crippen molar-refractivity contribution < 1.29 is 9.15 Å². The lowest BCUT2D eigenvalue weighted by Crippen LogP contribution is -2.28. The number of furan rings is 1. The van der Waals surface area contributed by atoms with Gasteiger partial charge in [0.25, 0.3) is 0 Å². The number of ether oxygens (including phenoxy) is 1. The number of aromatic nitrogens is 2. The van der Waals surface area contributed by atoms with Gasteiger partial charge in [0.05, 0.1) is 43.5 Å². The third kappa shape index (κ3) is 4.23. The summed E-state index contributed by atoms with van der Waals surface area (Å²) in [5, 5.41) is 11.5. The molecule has 3 aromatic rings. The van der Waals surface area contributed by atoms with E-state index in [2.05, 4.69) is 21.8 Å². The minimum Gasteiger partial charge on any atom is -0.497 e. The van der Waals surface area contributed by atoms with E-state index in [1.165, 1.54) is 0 Å². The van der Waals surface area contributed by atoms with Crippen molar-refractivity contribution in [2.75, 3.05) is 12.4 Å². The summed E-state index contributed by atoms with van der Waals surface area (Å²) in [6, 6.07) is 11.7. The van der Waals surface area contributed by atoms with Crippen LogP contribution in [-0.2, 0) is 13.1 Å². The number of rotatable bonds is 6. The van der Waals surface area contributed by atoms with Crippen LogP contribution in [0.4, 0.5) is 5.69 Å². The zero-order valence-corrected chi connectivity index (χ0v) is 15.9. The van der Waals surface area contributed by atoms with Crippen molar-refractivity contribution in [2.45, 2.75) is 26.9 Å². The van der Waals surface area contributed by atoms with Gasteiger partial charge in [-0.25, -0.2) is 0 Å². The molecule has 1 aromatic carbocycles. The number of anilines is 1. The van der Waals surface area contributed by atoms with Crippen LogP contribution < -0.4 is 15.4 Å². The minimum atomic E-state index is 0.536. The summed E-state index contributed by atoms with van der Waals surface area (Å²) in [5.74, 6) is 1.67. The number of nitrogens with one attached hydrogen (secondary N) is 2. The van der Waals surface area contributed by atoms with Crippen LogP contribution in [0.25, 0.3) is 0 Å². The van der Waals surface area contributed by atoms with Crippen LogP contribution in [0.1, 0.15) is 22.7 Å². The van der Waals surface area contributed by atoms with Gasteiger partial charge in [0.15, 0.2) is 5.11 Å². The van der Waals surface area contributed by atoms with Crippen molar-refractivity contribution in [1.82, 2.24) is 15.1 Å². The quantitative estimate of drug-likeness (QED) is 0.646. The van der Waals surface area contributed by atoms with Crippen molar-refractivity contribution in [3.05, 3.63) is 65.4 Å². The molecule has 0 aliphatic carbocycles. The summed E-state index contributed by atoms with van der Waals surface area (Å²) >= 11 is 5.38. The fourth-order valence-electron chi connectivity index (χ4n) is 2.71. The van der Waals surface area contributed by atoms with E-state index >= 15 is 0 Å². The van der Waals surface area contributed by atoms with E-state index in [0.717, 1.165) is 34.1 Å². The van der Waals surface area contributed by atoms with E-state index < -0.39 is 0 Å². The summed E-state index contributed by atoms with van der Waals surface area (Å²) in [4.78, 5) is 0. The Morgan fingerprint density at radius 1 is 1.27 bits per heavy atom. The fraction of sp³-hybridized carbons (Fsp3) is 0.263. The maximum Gasteiger partial charge on any atom is 0.171 e. The molecule has 6 nitrogen and oxygen atoms in total. The molecule has 0 amide bonds. The maximum absolute atomic E-state index is 5.38. The summed E-state index contributed by atoms with van der Waals surface area (Å²) in [6.45, 7) is 5.19. The van der Waals surface area contributed by atoms with E-state index in [0.29, 0.717) is 18.2 Å². The van der Waals surface area contributed by atoms with E-state index in [9.17, 15) is 0 Å². The van der Waals surface area contributed by atoms with Gasteiger partial charge < -0.3 is 19.8 Å². The molecule has 0 atom stereocenters. The highest BCUT2D eigenvalue weighted by molar-refractivity contribution is 7.80. The molecule has 3 rings (SSSR count). The predicted octanol–water partition coefficient (Wildman–Crippen LogP) is 3.64. The lowest BCUT2D eigenvalue weighted by Gasteiger charge is -2.10. The Morgan fingerprint density at radius 2 is 2.12 bits per heavy atom. The van der Waals surface area contributed by atoms with Crippen molar-refractivity contribution in [3.63, 3.8) is 0 Å². The van der Waals surface area contributed by atoms with E-state index in [4.69, 9.17) is 21.4 Å². The van der Waals surface area contributed by atoms with E-state index in [-0.39, 0.29) is 0 Å². The zero-order valence-electron chi connectivity index (χ0n) is 15.1. The summed E-state index contributed by atoms with van der Waals surface area (Å²) in [7, 11) is 1.67. The number of methoxy groups -OCH3 is 1. The molecule has 2 aromatic heterocycles. The fourth-order valence-corrected chi connectivity index (χ4v) is 2.89. The molecule has 0 spiro atoms. The summed E-state index contributed by atoms with van der Waals surface area (Å²) < 4.78 is 12.5. The molecule has 0 bridgehead atoms. The lowest BCUT2D eigenvalue weighted by molar-refractivity contribution is 0.414. The van der Waals surface area contributed by atoms with Crippen LogP contribution in [0.15, 0.2) is 47.1 Å². The Bertz CT molecular complexity index is 887. The number of benzene rings is 1. The van der Waals surface area contributed by atoms with E-state index in [1.54, 1.807) is 13.4 Å². The first-order chi connectivity index (χ1) is 12.6. The SMILES string of the molecule is COc1cccc(Cn2nc(C)c(NC(=S)NCc3ccco3)c2C)c1. The molecule has 0 fully saturated rings. The van der Waals surface area contributed by atoms with Gasteiger partial charge >= 0.3 is 0 Å². The van der Waals surface area contributed by atoms with Gasteiger partial charge in [-0.2, -0.15) is 5.10 Å². The summed E-state index contributed by atoms with van der Waals surface area (Å²) in [6.07, 6.45) is 1.64. The Morgan fingerprint density at radius 3 is 2.85 bits per heavy atom. The third-order valence-electron chi connectivity index (χ3n) is 4.09. The molecule has 0 aliphatic heterocycles. The Balaban J connectivity index is 1.68. The van der Waals surface area contributed by atoms with Gasteiger partial charge in [-0.15, -0.1) is 0 Å². The highest BCUT2D eigenvalue weighted by Crippen LogP contribution is 2.21. The number of thiocarbonyl (C=S) groups is 1. The van der Waals surface area contributed by atoms with Crippen LogP contribution in [0, 0.1) is 13.8 Å². The second-order valence-corrected chi connectivity index (χ2v) is 6.35. The standard InChI is InChI=1S/C19H22N4O2S/c1-13-18(21-19(26)20-11-17-8-5-9-25-17)14(2)23(22-13)12-15-6-4-7-16(10-15)24-3/h4-10H,11-12H2,1-3H3,(H2,20,21,26). The topological polar surface area (TPSA) is 64.2 Å². The molecule has 2 N–H and O–H groups in total. The van der Waals surface area contributed by atoms with Gasteiger partial charge in [0.1, 0.15) is 11.5 Å². The smallest absolute Gasteiger partial charge is 0.171 e. The molecular weight excluding hydrogens is 348 g/mol. The second kappa shape index (κ2) is 8.05. The van der Waals surface area contributed by atoms with Crippen LogP contribution in [0.5, 0.6) is 5.75 Å². The Labute approximate surface area is 158 Å². The second-order valence-electron chi connectivity index (χ2n) is 5.94. The van der Waals surface area contributed by atoms with Crippen LogP contribution in [0.2, 0.25) is 0 Å². The molecule has 0 unspecified atom stereocenters. The van der Waals surface area contributed by atoms with Gasteiger partial charge in [0, 0.05) is 0 Å². The first-order valence-corrected chi connectivity index (χ1v) is 8.72. The molecule has 0 aliphatic rings.